The predicted octanol–water partition coefficient (Wildman–Crippen LogP) is 3.87. The lowest BCUT2D eigenvalue weighted by Gasteiger charge is -2.39. The lowest BCUT2D eigenvalue weighted by Crippen LogP contribution is -2.41. The van der Waals surface area contributed by atoms with Crippen LogP contribution in [0.15, 0.2) is 0 Å². The normalized spacial score (nSPS) is 24.9. The molecule has 1 fully saturated rings. The summed E-state index contributed by atoms with van der Waals surface area (Å²) in [6, 6.07) is 1.12. The molecule has 5 heteroatoms. The van der Waals surface area contributed by atoms with Gasteiger partial charge in [-0.25, -0.2) is 0 Å². The summed E-state index contributed by atoms with van der Waals surface area (Å²) in [7, 11) is 1.22. The van der Waals surface area contributed by atoms with Crippen LogP contribution >= 0.6 is 0 Å². The second-order valence-corrected chi connectivity index (χ2v) is 14.2. The minimum absolute atomic E-state index is 0.300. The van der Waals surface area contributed by atoms with Crippen LogP contribution < -0.4 is 0 Å². The molecule has 0 aliphatic heterocycles. The molecule has 1 saturated carbocycles. The molecular weight excluding hydrogens is 296 g/mol. The Morgan fingerprint density at radius 1 is 1.09 bits per heavy atom. The largest absolute Gasteiger partial charge is 0.468 e. The molecule has 1 aliphatic rings. The number of rotatable bonds is 4. The van der Waals surface area contributed by atoms with Gasteiger partial charge in [0.1, 0.15) is 0 Å². The van der Waals surface area contributed by atoms with E-state index in [1.54, 1.807) is 0 Å². The Bertz CT molecular complexity index is 420. The van der Waals surface area contributed by atoms with Crippen molar-refractivity contribution in [3.05, 3.63) is 0 Å². The van der Waals surface area contributed by atoms with Crippen LogP contribution in [0.4, 0.5) is 0 Å². The molecule has 1 aliphatic carbocycles. The minimum atomic E-state index is -1.47. The maximum absolute atomic E-state index is 12.3. The van der Waals surface area contributed by atoms with Crippen molar-refractivity contribution in [3.8, 4) is 0 Å². The van der Waals surface area contributed by atoms with E-state index in [1.165, 1.54) is 14.2 Å². The van der Waals surface area contributed by atoms with E-state index in [4.69, 9.17) is 9.47 Å². The van der Waals surface area contributed by atoms with Crippen molar-refractivity contribution in [2.75, 3.05) is 14.2 Å². The van der Waals surface area contributed by atoms with Gasteiger partial charge in [0.15, 0.2) is 5.41 Å². The van der Waals surface area contributed by atoms with E-state index in [2.05, 4.69) is 40.8 Å². The Hall–Kier alpha value is -0.843. The van der Waals surface area contributed by atoms with Crippen molar-refractivity contribution in [1.82, 2.24) is 0 Å². The van der Waals surface area contributed by atoms with Gasteiger partial charge in [0.25, 0.3) is 0 Å². The Labute approximate surface area is 136 Å². The van der Waals surface area contributed by atoms with Crippen LogP contribution in [0.1, 0.15) is 40.5 Å². The molecule has 4 nitrogen and oxygen atoms in total. The molecule has 0 bridgehead atoms. The fourth-order valence-corrected chi connectivity index (χ4v) is 5.96. The highest BCUT2D eigenvalue weighted by molar-refractivity contribution is 6.80. The number of carbonyl (C=O) groups is 2. The van der Waals surface area contributed by atoms with Gasteiger partial charge in [-0.1, -0.05) is 46.8 Å². The van der Waals surface area contributed by atoms with E-state index in [-0.39, 0.29) is 0 Å². The van der Waals surface area contributed by atoms with Gasteiger partial charge in [0.05, 0.1) is 22.3 Å². The highest BCUT2D eigenvalue weighted by Gasteiger charge is 2.57. The third kappa shape index (κ3) is 3.39. The molecule has 1 rings (SSSR count). The number of methoxy groups -OCH3 is 2. The topological polar surface area (TPSA) is 52.6 Å². The highest BCUT2D eigenvalue weighted by atomic mass is 28.3. The van der Waals surface area contributed by atoms with Crippen molar-refractivity contribution in [2.45, 2.75) is 64.7 Å². The summed E-state index contributed by atoms with van der Waals surface area (Å²) in [4.78, 5) is 24.6. The summed E-state index contributed by atoms with van der Waals surface area (Å²) < 4.78 is 9.85. The number of hydrogen-bond acceptors (Lipinski definition) is 4. The second kappa shape index (κ2) is 6.34. The van der Waals surface area contributed by atoms with E-state index in [0.717, 1.165) is 6.04 Å². The molecule has 2 unspecified atom stereocenters. The van der Waals surface area contributed by atoms with E-state index in [0.29, 0.717) is 29.7 Å². The van der Waals surface area contributed by atoms with E-state index < -0.39 is 25.4 Å². The Kier molecular flexibility index (Phi) is 5.53. The molecule has 0 radical (unpaired) electrons. The predicted molar refractivity (Wildman–Crippen MR) is 90.4 cm³/mol. The first-order chi connectivity index (χ1) is 9.91. The Morgan fingerprint density at radius 2 is 1.55 bits per heavy atom. The number of ether oxygens (including phenoxy) is 2. The van der Waals surface area contributed by atoms with Crippen molar-refractivity contribution < 1.29 is 19.1 Å². The van der Waals surface area contributed by atoms with Gasteiger partial charge in [-0.05, 0) is 29.7 Å². The number of esters is 2. The fraction of sp³-hybridized carbons (Fsp3) is 0.882. The lowest BCUT2D eigenvalue weighted by molar-refractivity contribution is -0.169. The highest BCUT2D eigenvalue weighted by Crippen LogP contribution is 2.52. The van der Waals surface area contributed by atoms with Gasteiger partial charge < -0.3 is 9.47 Å². The smallest absolute Gasteiger partial charge is 0.323 e. The molecule has 2 atom stereocenters. The first kappa shape index (κ1) is 19.2. The van der Waals surface area contributed by atoms with E-state index >= 15 is 0 Å². The van der Waals surface area contributed by atoms with Crippen LogP contribution in [0.3, 0.4) is 0 Å². The summed E-state index contributed by atoms with van der Waals surface area (Å²) in [5, 5.41) is 0.300. The summed E-state index contributed by atoms with van der Waals surface area (Å²) in [6.45, 7) is 13.8. The van der Waals surface area contributed by atoms with Gasteiger partial charge >= 0.3 is 11.9 Å². The van der Waals surface area contributed by atoms with Gasteiger partial charge in [0.2, 0.25) is 0 Å². The van der Waals surface area contributed by atoms with Crippen LogP contribution in [0, 0.1) is 17.3 Å². The monoisotopic (exact) mass is 328 g/mol. The number of hydrogen-bond donors (Lipinski definition) is 0. The third-order valence-electron chi connectivity index (χ3n) is 6.04. The van der Waals surface area contributed by atoms with Gasteiger partial charge in [0, 0.05) is 0 Å². The van der Waals surface area contributed by atoms with Crippen LogP contribution in [0.25, 0.3) is 0 Å². The zero-order chi connectivity index (χ0) is 17.3. The Morgan fingerprint density at radius 3 is 1.91 bits per heavy atom. The molecule has 0 aromatic heterocycles. The fourth-order valence-electron chi connectivity index (χ4n) is 3.49. The Balaban J connectivity index is 3.04. The minimum Gasteiger partial charge on any atom is -0.468 e. The standard InChI is InChI=1S/C17H32O4Si/c1-12-9-17(14(18)20-5,15(19)21-6)10-13(12)11-22(7,8)16(2,3)4/h12-13H,9-11H2,1-8H3. The first-order valence-electron chi connectivity index (χ1n) is 8.08. The molecule has 0 aromatic carbocycles. The van der Waals surface area contributed by atoms with Crippen LogP contribution in [-0.2, 0) is 19.1 Å². The second-order valence-electron chi connectivity index (χ2n) is 8.55. The van der Waals surface area contributed by atoms with E-state index in [1.807, 2.05) is 0 Å². The summed E-state index contributed by atoms with van der Waals surface area (Å²) >= 11 is 0. The van der Waals surface area contributed by atoms with Crippen LogP contribution in [0.5, 0.6) is 0 Å². The van der Waals surface area contributed by atoms with E-state index in [9.17, 15) is 9.59 Å². The molecule has 0 aromatic rings. The summed E-state index contributed by atoms with van der Waals surface area (Å²) in [5.74, 6) is -0.181. The molecule has 0 heterocycles. The molecular formula is C17H32O4Si. The molecule has 128 valence electrons. The molecule has 22 heavy (non-hydrogen) atoms. The maximum atomic E-state index is 12.3. The average molecular weight is 329 g/mol. The summed E-state index contributed by atoms with van der Waals surface area (Å²) in [5.41, 5.74) is -1.10. The quantitative estimate of drug-likeness (QED) is 0.446. The summed E-state index contributed by atoms with van der Waals surface area (Å²) in [6.07, 6.45) is 1.09. The van der Waals surface area contributed by atoms with Gasteiger partial charge in [-0.15, -0.1) is 0 Å². The van der Waals surface area contributed by atoms with Crippen molar-refractivity contribution >= 4 is 20.0 Å². The van der Waals surface area contributed by atoms with Gasteiger partial charge in [-0.3, -0.25) is 9.59 Å². The van der Waals surface area contributed by atoms with Gasteiger partial charge in [-0.2, -0.15) is 0 Å². The molecule has 0 N–H and O–H groups in total. The van der Waals surface area contributed by atoms with Crippen LogP contribution in [-0.4, -0.2) is 34.2 Å². The van der Waals surface area contributed by atoms with Crippen molar-refractivity contribution in [3.63, 3.8) is 0 Å². The zero-order valence-electron chi connectivity index (χ0n) is 15.4. The first-order valence-corrected chi connectivity index (χ1v) is 11.3. The molecule has 0 saturated heterocycles. The zero-order valence-corrected chi connectivity index (χ0v) is 16.4. The van der Waals surface area contributed by atoms with Crippen molar-refractivity contribution in [2.24, 2.45) is 17.3 Å². The number of carbonyl (C=O) groups excluding carboxylic acids is 2. The average Bonchev–Trinajstić information content (AvgIpc) is 2.73. The van der Waals surface area contributed by atoms with Crippen LogP contribution in [0.2, 0.25) is 24.2 Å². The van der Waals surface area contributed by atoms with Crippen molar-refractivity contribution in [1.29, 1.82) is 0 Å². The third-order valence-corrected chi connectivity index (χ3v) is 11.6. The molecule has 0 amide bonds. The molecule has 0 spiro atoms. The SMILES string of the molecule is COC(=O)C1(C(=O)OC)CC(C)C(C[Si](C)(C)C(C)(C)C)C1. The lowest BCUT2D eigenvalue weighted by atomic mass is 9.85. The maximum Gasteiger partial charge on any atom is 0.323 e.